The van der Waals surface area contributed by atoms with Crippen LogP contribution in [-0.4, -0.2) is 13.4 Å². The molecule has 0 fully saturated rings. The first-order valence-corrected chi connectivity index (χ1v) is 9.10. The maximum absolute atomic E-state index is 13.6. The van der Waals surface area contributed by atoms with Gasteiger partial charge in [-0.3, -0.25) is 4.72 Å². The van der Waals surface area contributed by atoms with Crippen LogP contribution in [-0.2, 0) is 10.0 Å². The van der Waals surface area contributed by atoms with Crippen LogP contribution in [0.1, 0.15) is 5.56 Å². The maximum Gasteiger partial charge on any atom is 0.262 e. The first-order chi connectivity index (χ1) is 12.3. The van der Waals surface area contributed by atoms with E-state index in [-0.39, 0.29) is 22.1 Å². The lowest BCUT2D eigenvalue weighted by atomic mass is 10.2. The average molecular weight is 375 g/mol. The molecule has 0 bridgehead atoms. The van der Waals surface area contributed by atoms with Crippen molar-refractivity contribution in [3.8, 4) is 0 Å². The van der Waals surface area contributed by atoms with Crippen molar-refractivity contribution in [2.75, 3.05) is 10.0 Å². The van der Waals surface area contributed by atoms with Crippen LogP contribution < -0.4 is 10.0 Å². The van der Waals surface area contributed by atoms with Gasteiger partial charge in [-0.15, -0.1) is 0 Å². The molecule has 0 spiro atoms. The van der Waals surface area contributed by atoms with Gasteiger partial charge in [0.1, 0.15) is 17.5 Å². The van der Waals surface area contributed by atoms with Gasteiger partial charge >= 0.3 is 0 Å². The van der Waals surface area contributed by atoms with E-state index in [0.29, 0.717) is 5.56 Å². The van der Waals surface area contributed by atoms with Crippen LogP contribution in [0.15, 0.2) is 65.7 Å². The van der Waals surface area contributed by atoms with Crippen LogP contribution in [0, 0.1) is 18.6 Å². The fourth-order valence-corrected chi connectivity index (χ4v) is 3.62. The molecule has 2 N–H and O–H groups in total. The Balaban J connectivity index is 1.76. The second-order valence-electron chi connectivity index (χ2n) is 5.55. The fourth-order valence-electron chi connectivity index (χ4n) is 2.33. The van der Waals surface area contributed by atoms with Crippen LogP contribution in [0.2, 0.25) is 0 Å². The Morgan fingerprint density at radius 1 is 1.00 bits per heavy atom. The van der Waals surface area contributed by atoms with E-state index in [1.54, 1.807) is 25.1 Å². The van der Waals surface area contributed by atoms with Gasteiger partial charge < -0.3 is 5.32 Å². The number of nitrogens with one attached hydrogen (secondary N) is 2. The van der Waals surface area contributed by atoms with Crippen LogP contribution in [0.3, 0.4) is 0 Å². The molecule has 3 aromatic rings. The Morgan fingerprint density at radius 2 is 1.77 bits per heavy atom. The van der Waals surface area contributed by atoms with E-state index in [0.717, 1.165) is 12.1 Å². The summed E-state index contributed by atoms with van der Waals surface area (Å²) in [5, 5.41) is 2.70. The van der Waals surface area contributed by atoms with Crippen LogP contribution in [0.5, 0.6) is 0 Å². The minimum Gasteiger partial charge on any atom is -0.338 e. The molecule has 134 valence electrons. The molecule has 26 heavy (non-hydrogen) atoms. The molecule has 2 aromatic carbocycles. The van der Waals surface area contributed by atoms with Gasteiger partial charge in [0.2, 0.25) is 0 Å². The lowest BCUT2D eigenvalue weighted by molar-refractivity contribution is 0.586. The zero-order chi connectivity index (χ0) is 18.7. The first kappa shape index (κ1) is 17.8. The highest BCUT2D eigenvalue weighted by atomic mass is 32.2. The predicted molar refractivity (Wildman–Crippen MR) is 95.9 cm³/mol. The third kappa shape index (κ3) is 3.97. The van der Waals surface area contributed by atoms with E-state index in [2.05, 4.69) is 15.0 Å². The summed E-state index contributed by atoms with van der Waals surface area (Å²) in [6.45, 7) is 1.71. The molecular weight excluding hydrogens is 360 g/mol. The number of hydrogen-bond donors (Lipinski definition) is 2. The standard InChI is InChI=1S/C18H15F2N3O2S/c1-12-4-2-3-5-17(12)26(24,25)23-14-7-9-18(21-11-14)22-16-8-6-13(19)10-15(16)20/h2-11,23H,1H3,(H,21,22). The van der Waals surface area contributed by atoms with Crippen molar-refractivity contribution in [2.24, 2.45) is 0 Å². The SMILES string of the molecule is Cc1ccccc1S(=O)(=O)Nc1ccc(Nc2ccc(F)cc2F)nc1. The molecule has 0 radical (unpaired) electrons. The number of benzene rings is 2. The van der Waals surface area contributed by atoms with Gasteiger partial charge in [-0.2, -0.15) is 0 Å². The first-order valence-electron chi connectivity index (χ1n) is 7.62. The number of sulfonamides is 1. The third-order valence-corrected chi connectivity index (χ3v) is 5.13. The Bertz CT molecular complexity index is 1040. The summed E-state index contributed by atoms with van der Waals surface area (Å²) in [7, 11) is -3.74. The zero-order valence-electron chi connectivity index (χ0n) is 13.7. The van der Waals surface area contributed by atoms with E-state index < -0.39 is 21.7 Å². The number of hydrogen-bond acceptors (Lipinski definition) is 4. The van der Waals surface area contributed by atoms with Crippen molar-refractivity contribution < 1.29 is 17.2 Å². The van der Waals surface area contributed by atoms with E-state index in [4.69, 9.17) is 0 Å². The van der Waals surface area contributed by atoms with Crippen molar-refractivity contribution in [1.82, 2.24) is 4.98 Å². The monoisotopic (exact) mass is 375 g/mol. The number of pyridine rings is 1. The molecule has 0 saturated carbocycles. The summed E-state index contributed by atoms with van der Waals surface area (Å²) in [5.74, 6) is -1.15. The molecule has 5 nitrogen and oxygen atoms in total. The lowest BCUT2D eigenvalue weighted by Crippen LogP contribution is -2.14. The van der Waals surface area contributed by atoms with Crippen molar-refractivity contribution >= 4 is 27.2 Å². The molecule has 0 aliphatic heterocycles. The molecule has 8 heteroatoms. The lowest BCUT2D eigenvalue weighted by Gasteiger charge is -2.11. The summed E-state index contributed by atoms with van der Waals surface area (Å²) in [6.07, 6.45) is 1.31. The summed E-state index contributed by atoms with van der Waals surface area (Å²) >= 11 is 0. The van der Waals surface area contributed by atoms with Gasteiger partial charge in [-0.05, 0) is 42.8 Å². The second-order valence-corrected chi connectivity index (χ2v) is 7.20. The summed E-state index contributed by atoms with van der Waals surface area (Å²) < 4.78 is 53.9. The molecule has 0 unspecified atom stereocenters. The van der Waals surface area contributed by atoms with Gasteiger partial charge in [0.05, 0.1) is 22.5 Å². The Morgan fingerprint density at radius 3 is 2.42 bits per heavy atom. The molecule has 3 rings (SSSR count). The topological polar surface area (TPSA) is 71.1 Å². The fraction of sp³-hybridized carbons (Fsp3) is 0.0556. The smallest absolute Gasteiger partial charge is 0.262 e. The summed E-state index contributed by atoms with van der Waals surface area (Å²) in [6, 6.07) is 12.7. The van der Waals surface area contributed by atoms with Crippen molar-refractivity contribution in [2.45, 2.75) is 11.8 Å². The van der Waals surface area contributed by atoms with Gasteiger partial charge in [0.15, 0.2) is 0 Å². The average Bonchev–Trinajstić information content (AvgIpc) is 2.59. The predicted octanol–water partition coefficient (Wildman–Crippen LogP) is 4.21. The Labute approximate surface area is 149 Å². The van der Waals surface area contributed by atoms with Gasteiger partial charge in [-0.1, -0.05) is 18.2 Å². The molecule has 1 heterocycles. The summed E-state index contributed by atoms with van der Waals surface area (Å²) in [5.41, 5.74) is 0.948. The number of anilines is 3. The second kappa shape index (κ2) is 7.09. The molecule has 0 amide bonds. The Hall–Kier alpha value is -3.00. The van der Waals surface area contributed by atoms with Gasteiger partial charge in [0.25, 0.3) is 10.0 Å². The van der Waals surface area contributed by atoms with Crippen molar-refractivity contribution in [3.63, 3.8) is 0 Å². The Kier molecular flexibility index (Phi) is 4.85. The van der Waals surface area contributed by atoms with Crippen molar-refractivity contribution in [1.29, 1.82) is 0 Å². The highest BCUT2D eigenvalue weighted by molar-refractivity contribution is 7.92. The van der Waals surface area contributed by atoms with Crippen LogP contribution >= 0.6 is 0 Å². The van der Waals surface area contributed by atoms with E-state index in [9.17, 15) is 17.2 Å². The minimum atomic E-state index is -3.74. The maximum atomic E-state index is 13.6. The third-order valence-electron chi connectivity index (χ3n) is 3.59. The quantitative estimate of drug-likeness (QED) is 0.701. The van der Waals surface area contributed by atoms with Crippen LogP contribution in [0.4, 0.5) is 26.0 Å². The van der Waals surface area contributed by atoms with E-state index >= 15 is 0 Å². The molecule has 1 aromatic heterocycles. The molecule has 0 saturated heterocycles. The van der Waals surface area contributed by atoms with E-state index in [1.807, 2.05) is 0 Å². The number of halogens is 2. The van der Waals surface area contributed by atoms with E-state index in [1.165, 1.54) is 30.5 Å². The van der Waals surface area contributed by atoms with Gasteiger partial charge in [-0.25, -0.2) is 22.2 Å². The molecule has 0 atom stereocenters. The molecular formula is C18H15F2N3O2S. The number of aromatic nitrogens is 1. The molecule has 0 aliphatic carbocycles. The number of rotatable bonds is 5. The van der Waals surface area contributed by atoms with Crippen LogP contribution in [0.25, 0.3) is 0 Å². The normalized spacial score (nSPS) is 11.2. The zero-order valence-corrected chi connectivity index (χ0v) is 14.5. The molecule has 0 aliphatic rings. The van der Waals surface area contributed by atoms with Gasteiger partial charge in [0, 0.05) is 6.07 Å². The number of aryl methyl sites for hydroxylation is 1. The largest absolute Gasteiger partial charge is 0.338 e. The highest BCUT2D eigenvalue weighted by Gasteiger charge is 2.16. The number of nitrogens with zero attached hydrogens (tertiary/aromatic N) is 1. The summed E-state index contributed by atoms with van der Waals surface area (Å²) in [4.78, 5) is 4.22. The minimum absolute atomic E-state index is 0.0622. The highest BCUT2D eigenvalue weighted by Crippen LogP contribution is 2.22. The van der Waals surface area contributed by atoms with Crippen molar-refractivity contribution in [3.05, 3.63) is 78.0 Å².